The molecule has 0 rings (SSSR count). The van der Waals surface area contributed by atoms with E-state index in [0.29, 0.717) is 26.4 Å². The minimum absolute atomic E-state index is 0.0203. The molecule has 4 heteroatoms. The second-order valence-corrected chi connectivity index (χ2v) is 6.76. The van der Waals surface area contributed by atoms with E-state index in [1.54, 1.807) is 0 Å². The van der Waals surface area contributed by atoms with Gasteiger partial charge in [-0.05, 0) is 32.1 Å². The molecule has 0 saturated heterocycles. The summed E-state index contributed by atoms with van der Waals surface area (Å²) in [5.41, 5.74) is -0.338. The van der Waals surface area contributed by atoms with E-state index in [1.165, 1.54) is 0 Å². The molecule has 4 nitrogen and oxygen atoms in total. The fourth-order valence-corrected chi connectivity index (χ4v) is 1.47. The second-order valence-electron chi connectivity index (χ2n) is 6.76. The number of carbonyl (C=O) groups is 1. The molecule has 0 bridgehead atoms. The Labute approximate surface area is 138 Å². The van der Waals surface area contributed by atoms with Gasteiger partial charge in [0.05, 0.1) is 25.2 Å². The lowest BCUT2D eigenvalue weighted by Crippen LogP contribution is -2.41. The predicted molar refractivity (Wildman–Crippen MR) is 94.1 cm³/mol. The monoisotopic (exact) mass is 317 g/mol. The van der Waals surface area contributed by atoms with Crippen LogP contribution >= 0.6 is 0 Å². The molecule has 22 heavy (non-hydrogen) atoms. The van der Waals surface area contributed by atoms with Crippen LogP contribution in [-0.4, -0.2) is 38.9 Å². The fourth-order valence-electron chi connectivity index (χ4n) is 1.47. The van der Waals surface area contributed by atoms with Crippen LogP contribution in [0.5, 0.6) is 0 Å². The Kier molecular flexibility index (Phi) is 13.9. The van der Waals surface area contributed by atoms with Crippen molar-refractivity contribution in [3.8, 4) is 0 Å². The maximum absolute atomic E-state index is 12.1. The molecule has 0 aliphatic heterocycles. The highest BCUT2D eigenvalue weighted by Gasteiger charge is 2.28. The first-order valence-electron chi connectivity index (χ1n) is 8.69. The van der Waals surface area contributed by atoms with Crippen molar-refractivity contribution in [3.05, 3.63) is 0 Å². The Balaban J connectivity index is 0. The van der Waals surface area contributed by atoms with E-state index >= 15 is 0 Å². The van der Waals surface area contributed by atoms with Crippen molar-refractivity contribution in [1.82, 2.24) is 5.32 Å². The maximum atomic E-state index is 12.1. The van der Waals surface area contributed by atoms with Crippen LogP contribution in [0.2, 0.25) is 0 Å². The second kappa shape index (κ2) is 12.9. The SMILES string of the molecule is CC.CCCOCCNC(=O)C(C)(C)COCC(C)(C)CC. The molecule has 0 unspecified atom stereocenters. The van der Waals surface area contributed by atoms with E-state index in [0.717, 1.165) is 19.4 Å². The lowest BCUT2D eigenvalue weighted by Gasteiger charge is -2.27. The van der Waals surface area contributed by atoms with Gasteiger partial charge in [-0.25, -0.2) is 0 Å². The van der Waals surface area contributed by atoms with Crippen molar-refractivity contribution in [2.24, 2.45) is 10.8 Å². The summed E-state index contributed by atoms with van der Waals surface area (Å²) in [6, 6.07) is 0. The first kappa shape index (κ1) is 23.7. The van der Waals surface area contributed by atoms with Gasteiger partial charge in [0.2, 0.25) is 5.91 Å². The Bertz CT molecular complexity index is 276. The number of hydrogen-bond donors (Lipinski definition) is 1. The molecule has 0 aromatic heterocycles. The van der Waals surface area contributed by atoms with Gasteiger partial charge in [0.25, 0.3) is 0 Å². The summed E-state index contributed by atoms with van der Waals surface area (Å²) >= 11 is 0. The van der Waals surface area contributed by atoms with Gasteiger partial charge < -0.3 is 14.8 Å². The molecule has 0 aromatic carbocycles. The molecule has 1 amide bonds. The number of hydrogen-bond acceptors (Lipinski definition) is 3. The smallest absolute Gasteiger partial charge is 0.228 e. The Morgan fingerprint density at radius 1 is 0.955 bits per heavy atom. The van der Waals surface area contributed by atoms with Crippen molar-refractivity contribution in [2.45, 2.75) is 68.2 Å². The van der Waals surface area contributed by atoms with Crippen molar-refractivity contribution < 1.29 is 14.3 Å². The number of ether oxygens (including phenoxy) is 2. The van der Waals surface area contributed by atoms with E-state index in [-0.39, 0.29) is 11.3 Å². The largest absolute Gasteiger partial charge is 0.380 e. The molecule has 0 spiro atoms. The van der Waals surface area contributed by atoms with Crippen LogP contribution in [0.1, 0.15) is 68.2 Å². The highest BCUT2D eigenvalue weighted by Crippen LogP contribution is 2.22. The highest BCUT2D eigenvalue weighted by atomic mass is 16.5. The van der Waals surface area contributed by atoms with Crippen molar-refractivity contribution in [1.29, 1.82) is 0 Å². The third-order valence-electron chi connectivity index (χ3n) is 3.41. The average Bonchev–Trinajstić information content (AvgIpc) is 2.48. The molecule has 0 aliphatic rings. The average molecular weight is 318 g/mol. The Hall–Kier alpha value is -0.610. The molecule has 0 saturated carbocycles. The van der Waals surface area contributed by atoms with Crippen LogP contribution in [0, 0.1) is 10.8 Å². The van der Waals surface area contributed by atoms with E-state index in [1.807, 2.05) is 27.7 Å². The summed E-state index contributed by atoms with van der Waals surface area (Å²) in [7, 11) is 0. The summed E-state index contributed by atoms with van der Waals surface area (Å²) in [5, 5.41) is 2.90. The van der Waals surface area contributed by atoms with Crippen LogP contribution < -0.4 is 5.32 Å². The third-order valence-corrected chi connectivity index (χ3v) is 3.41. The number of nitrogens with one attached hydrogen (secondary N) is 1. The molecular formula is C18H39NO3. The van der Waals surface area contributed by atoms with Crippen LogP contribution in [-0.2, 0) is 14.3 Å². The highest BCUT2D eigenvalue weighted by molar-refractivity contribution is 5.81. The van der Waals surface area contributed by atoms with E-state index in [9.17, 15) is 4.79 Å². The molecule has 0 heterocycles. The lowest BCUT2D eigenvalue weighted by molar-refractivity contribution is -0.133. The van der Waals surface area contributed by atoms with E-state index in [2.05, 4.69) is 33.0 Å². The molecule has 0 atom stereocenters. The summed E-state index contributed by atoms with van der Waals surface area (Å²) in [4.78, 5) is 12.1. The van der Waals surface area contributed by atoms with Gasteiger partial charge in [-0.1, -0.05) is 41.5 Å². The zero-order valence-corrected chi connectivity index (χ0v) is 16.2. The lowest BCUT2D eigenvalue weighted by atomic mass is 9.90. The zero-order valence-electron chi connectivity index (χ0n) is 16.2. The van der Waals surface area contributed by atoms with Gasteiger partial charge in [0.1, 0.15) is 0 Å². The fraction of sp³-hybridized carbons (Fsp3) is 0.944. The zero-order chi connectivity index (χ0) is 17.6. The van der Waals surface area contributed by atoms with Crippen LogP contribution in [0.3, 0.4) is 0 Å². The topological polar surface area (TPSA) is 47.6 Å². The standard InChI is InChI=1S/C16H33NO3.C2H6/c1-7-10-19-11-9-17-14(18)16(5,6)13-20-12-15(3,4)8-2;1-2/h7-13H2,1-6H3,(H,17,18);1-2H3. The van der Waals surface area contributed by atoms with E-state index in [4.69, 9.17) is 9.47 Å². The van der Waals surface area contributed by atoms with Gasteiger partial charge in [-0.3, -0.25) is 4.79 Å². The number of amides is 1. The third kappa shape index (κ3) is 12.0. The van der Waals surface area contributed by atoms with Crippen molar-refractivity contribution >= 4 is 5.91 Å². The van der Waals surface area contributed by atoms with Crippen LogP contribution in [0.4, 0.5) is 0 Å². The van der Waals surface area contributed by atoms with Crippen LogP contribution in [0.15, 0.2) is 0 Å². The molecular weight excluding hydrogens is 278 g/mol. The van der Waals surface area contributed by atoms with Crippen LogP contribution in [0.25, 0.3) is 0 Å². The van der Waals surface area contributed by atoms with Crippen molar-refractivity contribution in [3.63, 3.8) is 0 Å². The number of carbonyl (C=O) groups excluding carboxylic acids is 1. The molecule has 0 radical (unpaired) electrons. The normalized spacial score (nSPS) is 11.6. The van der Waals surface area contributed by atoms with Crippen molar-refractivity contribution in [2.75, 3.05) is 33.0 Å². The maximum Gasteiger partial charge on any atom is 0.228 e. The first-order valence-corrected chi connectivity index (χ1v) is 8.69. The molecule has 134 valence electrons. The van der Waals surface area contributed by atoms with Gasteiger partial charge in [-0.15, -0.1) is 0 Å². The quantitative estimate of drug-likeness (QED) is 0.585. The van der Waals surface area contributed by atoms with Gasteiger partial charge >= 0.3 is 0 Å². The Morgan fingerprint density at radius 2 is 1.55 bits per heavy atom. The molecule has 1 N–H and O–H groups in total. The van der Waals surface area contributed by atoms with E-state index < -0.39 is 5.41 Å². The minimum Gasteiger partial charge on any atom is -0.380 e. The minimum atomic E-state index is -0.505. The summed E-state index contributed by atoms with van der Waals surface area (Å²) in [6.07, 6.45) is 2.06. The first-order chi connectivity index (χ1) is 10.2. The van der Waals surface area contributed by atoms with Gasteiger partial charge in [0, 0.05) is 13.2 Å². The number of rotatable bonds is 11. The van der Waals surface area contributed by atoms with Gasteiger partial charge in [-0.2, -0.15) is 0 Å². The van der Waals surface area contributed by atoms with Gasteiger partial charge in [0.15, 0.2) is 0 Å². The predicted octanol–water partition coefficient (Wildman–Crippen LogP) is 4.03. The summed E-state index contributed by atoms with van der Waals surface area (Å²) in [6.45, 7) is 19.4. The summed E-state index contributed by atoms with van der Waals surface area (Å²) in [5.74, 6) is 0.0203. The Morgan fingerprint density at radius 3 is 2.05 bits per heavy atom. The molecule has 0 fully saturated rings. The molecule has 0 aromatic rings. The summed E-state index contributed by atoms with van der Waals surface area (Å²) < 4.78 is 11.1. The molecule has 0 aliphatic carbocycles.